The van der Waals surface area contributed by atoms with Crippen LogP contribution >= 0.6 is 0 Å². The van der Waals surface area contributed by atoms with Gasteiger partial charge in [-0.1, -0.05) is 78.9 Å². The fourth-order valence-corrected chi connectivity index (χ4v) is 4.30. The zero-order chi connectivity index (χ0) is 25.2. The van der Waals surface area contributed by atoms with Crippen molar-refractivity contribution in [3.8, 4) is 0 Å². The summed E-state index contributed by atoms with van der Waals surface area (Å²) in [5.41, 5.74) is 6.67. The van der Waals surface area contributed by atoms with Crippen LogP contribution < -0.4 is 0 Å². The highest BCUT2D eigenvalue weighted by molar-refractivity contribution is 5.94. The molecule has 0 saturated heterocycles. The van der Waals surface area contributed by atoms with Crippen molar-refractivity contribution in [3.05, 3.63) is 119 Å². The molecule has 36 heavy (non-hydrogen) atoms. The van der Waals surface area contributed by atoms with Crippen LogP contribution in [0.2, 0.25) is 0 Å². The monoisotopic (exact) mass is 481 g/mol. The van der Waals surface area contributed by atoms with Crippen LogP contribution in [0.1, 0.15) is 39.0 Å². The molecule has 0 aliphatic heterocycles. The Morgan fingerprint density at radius 1 is 0.917 bits per heavy atom. The third-order valence-electron chi connectivity index (χ3n) is 6.28. The summed E-state index contributed by atoms with van der Waals surface area (Å²) in [5.74, 6) is -0.630. The van der Waals surface area contributed by atoms with Crippen LogP contribution in [0.15, 0.2) is 91.0 Å². The maximum atomic E-state index is 12.4. The van der Waals surface area contributed by atoms with E-state index in [9.17, 15) is 9.59 Å². The number of carbonyl (C=O) groups is 2. The summed E-state index contributed by atoms with van der Waals surface area (Å²) in [6, 6.07) is 25.6. The fraction of sp³-hybridized carbons (Fsp3) is 0.226. The van der Waals surface area contributed by atoms with Gasteiger partial charge in [-0.15, -0.1) is 0 Å². The third-order valence-corrected chi connectivity index (χ3v) is 6.28. The molecular weight excluding hydrogens is 450 g/mol. The first kappa shape index (κ1) is 25.3. The number of aliphatic hydroxyl groups excluding tert-OH is 1. The van der Waals surface area contributed by atoms with E-state index in [0.717, 1.165) is 37.1 Å². The lowest BCUT2D eigenvalue weighted by atomic mass is 10.0. The predicted molar refractivity (Wildman–Crippen MR) is 142 cm³/mol. The zero-order valence-corrected chi connectivity index (χ0v) is 20.3. The van der Waals surface area contributed by atoms with Crippen molar-refractivity contribution >= 4 is 23.4 Å². The number of hydrogen-bond acceptors (Lipinski definition) is 5. The molecular formula is C31H31NO4. The Morgan fingerprint density at radius 2 is 1.67 bits per heavy atom. The standard InChI is InChI=1S/C31H31NO4/c33-23-29(34)17-14-24-10-12-25(13-11-24)22-32(20-21-36-31(35)28-7-2-1-3-8-28)19-18-27-16-15-26-6-4-5-9-30(26)27/h1-14,16-17,33H,15,18-23H2/b17-14+. The van der Waals surface area contributed by atoms with Crippen LogP contribution in [-0.4, -0.2) is 48.1 Å². The largest absolute Gasteiger partial charge is 0.461 e. The molecule has 1 aliphatic carbocycles. The molecule has 0 bridgehead atoms. The molecule has 5 nitrogen and oxygen atoms in total. The van der Waals surface area contributed by atoms with Gasteiger partial charge in [0.1, 0.15) is 13.2 Å². The van der Waals surface area contributed by atoms with Gasteiger partial charge >= 0.3 is 5.97 Å². The van der Waals surface area contributed by atoms with Crippen LogP contribution in [0.25, 0.3) is 11.6 Å². The van der Waals surface area contributed by atoms with Gasteiger partial charge in [0.25, 0.3) is 0 Å². The van der Waals surface area contributed by atoms with Gasteiger partial charge in [0.05, 0.1) is 5.56 Å². The van der Waals surface area contributed by atoms with Gasteiger partial charge in [-0.3, -0.25) is 9.69 Å². The van der Waals surface area contributed by atoms with E-state index in [4.69, 9.17) is 9.84 Å². The van der Waals surface area contributed by atoms with Crippen molar-refractivity contribution in [2.45, 2.75) is 19.4 Å². The normalized spacial score (nSPS) is 12.6. The lowest BCUT2D eigenvalue weighted by molar-refractivity contribution is -0.117. The Bertz CT molecular complexity index is 1230. The van der Waals surface area contributed by atoms with E-state index in [2.05, 4.69) is 35.2 Å². The number of esters is 1. The summed E-state index contributed by atoms with van der Waals surface area (Å²) in [6.45, 7) is 2.01. The molecule has 1 N–H and O–H groups in total. The van der Waals surface area contributed by atoms with Crippen molar-refractivity contribution < 1.29 is 19.4 Å². The second kappa shape index (κ2) is 12.8. The second-order valence-corrected chi connectivity index (χ2v) is 8.82. The Morgan fingerprint density at radius 3 is 2.44 bits per heavy atom. The van der Waals surface area contributed by atoms with Gasteiger partial charge in [-0.25, -0.2) is 4.79 Å². The number of allylic oxidation sites excluding steroid dienone is 1. The maximum Gasteiger partial charge on any atom is 0.338 e. The SMILES string of the molecule is O=C(/C=C/c1ccc(CN(CCOC(=O)c2ccccc2)CCC2=CCc3ccccc32)cc1)CO. The van der Waals surface area contributed by atoms with Gasteiger partial charge < -0.3 is 9.84 Å². The van der Waals surface area contributed by atoms with Crippen molar-refractivity contribution in [2.75, 3.05) is 26.3 Å². The zero-order valence-electron chi connectivity index (χ0n) is 20.3. The second-order valence-electron chi connectivity index (χ2n) is 8.82. The quantitative estimate of drug-likeness (QED) is 0.293. The van der Waals surface area contributed by atoms with Gasteiger partial charge in [-0.2, -0.15) is 0 Å². The van der Waals surface area contributed by atoms with E-state index in [1.54, 1.807) is 18.2 Å². The van der Waals surface area contributed by atoms with Crippen molar-refractivity contribution in [3.63, 3.8) is 0 Å². The average Bonchev–Trinajstić information content (AvgIpc) is 3.34. The summed E-state index contributed by atoms with van der Waals surface area (Å²) >= 11 is 0. The number of hydrogen-bond donors (Lipinski definition) is 1. The average molecular weight is 482 g/mol. The number of carbonyl (C=O) groups excluding carboxylic acids is 2. The minimum absolute atomic E-state index is 0.309. The molecule has 0 unspecified atom stereocenters. The van der Waals surface area contributed by atoms with E-state index in [1.165, 1.54) is 22.8 Å². The van der Waals surface area contributed by atoms with E-state index in [0.29, 0.717) is 18.7 Å². The van der Waals surface area contributed by atoms with Crippen LogP contribution in [0.5, 0.6) is 0 Å². The Hall–Kier alpha value is -3.80. The highest BCUT2D eigenvalue weighted by atomic mass is 16.5. The Kier molecular flexibility index (Phi) is 8.98. The molecule has 1 aliphatic rings. The van der Waals surface area contributed by atoms with Gasteiger partial charge in [0.15, 0.2) is 5.78 Å². The lowest BCUT2D eigenvalue weighted by Crippen LogP contribution is -2.29. The predicted octanol–water partition coefficient (Wildman–Crippen LogP) is 4.95. The highest BCUT2D eigenvalue weighted by Crippen LogP contribution is 2.29. The van der Waals surface area contributed by atoms with E-state index in [1.807, 2.05) is 42.5 Å². The molecule has 0 fully saturated rings. The third kappa shape index (κ3) is 7.11. The van der Waals surface area contributed by atoms with E-state index >= 15 is 0 Å². The molecule has 0 saturated carbocycles. The first-order valence-corrected chi connectivity index (χ1v) is 12.2. The van der Waals surface area contributed by atoms with Gasteiger partial charge in [0, 0.05) is 19.6 Å². The number of ether oxygens (including phenoxy) is 1. The summed E-state index contributed by atoms with van der Waals surface area (Å²) in [4.78, 5) is 26.0. The summed E-state index contributed by atoms with van der Waals surface area (Å²) in [7, 11) is 0. The summed E-state index contributed by atoms with van der Waals surface area (Å²) < 4.78 is 5.55. The van der Waals surface area contributed by atoms with Crippen LogP contribution in [0.4, 0.5) is 0 Å². The fourth-order valence-electron chi connectivity index (χ4n) is 4.30. The number of benzene rings is 3. The Balaban J connectivity index is 1.38. The molecule has 0 heterocycles. The number of rotatable bonds is 12. The molecule has 3 aromatic rings. The molecule has 0 radical (unpaired) electrons. The van der Waals surface area contributed by atoms with Gasteiger partial charge in [0.2, 0.25) is 0 Å². The van der Waals surface area contributed by atoms with Crippen LogP contribution in [-0.2, 0) is 22.5 Å². The molecule has 0 spiro atoms. The summed E-state index contributed by atoms with van der Waals surface area (Å²) in [6.07, 6.45) is 7.30. The Labute approximate surface area is 212 Å². The number of aliphatic hydroxyl groups is 1. The maximum absolute atomic E-state index is 12.4. The number of ketones is 1. The molecule has 0 atom stereocenters. The number of fused-ring (bicyclic) bond motifs is 1. The molecule has 3 aromatic carbocycles. The molecule has 5 heteroatoms. The van der Waals surface area contributed by atoms with E-state index < -0.39 is 6.61 Å². The van der Waals surface area contributed by atoms with Crippen molar-refractivity contribution in [2.24, 2.45) is 0 Å². The van der Waals surface area contributed by atoms with Gasteiger partial charge in [-0.05, 0) is 58.9 Å². The highest BCUT2D eigenvalue weighted by Gasteiger charge is 2.15. The topological polar surface area (TPSA) is 66.8 Å². The van der Waals surface area contributed by atoms with Crippen LogP contribution in [0.3, 0.4) is 0 Å². The molecule has 184 valence electrons. The van der Waals surface area contributed by atoms with E-state index in [-0.39, 0.29) is 11.8 Å². The smallest absolute Gasteiger partial charge is 0.338 e. The summed E-state index contributed by atoms with van der Waals surface area (Å²) in [5, 5.41) is 8.87. The number of nitrogens with zero attached hydrogens (tertiary/aromatic N) is 1. The minimum atomic E-state index is -0.487. The molecule has 0 amide bonds. The molecule has 0 aromatic heterocycles. The molecule has 4 rings (SSSR count). The van der Waals surface area contributed by atoms with Crippen molar-refractivity contribution in [1.29, 1.82) is 0 Å². The van der Waals surface area contributed by atoms with Crippen molar-refractivity contribution in [1.82, 2.24) is 4.90 Å². The first-order chi connectivity index (χ1) is 17.6. The van der Waals surface area contributed by atoms with Crippen LogP contribution in [0, 0.1) is 0 Å². The minimum Gasteiger partial charge on any atom is -0.461 e. The lowest BCUT2D eigenvalue weighted by Gasteiger charge is -2.23. The first-order valence-electron chi connectivity index (χ1n) is 12.2.